The summed E-state index contributed by atoms with van der Waals surface area (Å²) in [5, 5.41) is 23.6. The molecule has 0 radical (unpaired) electrons. The van der Waals surface area contributed by atoms with E-state index in [1.807, 2.05) is 6.92 Å². The van der Waals surface area contributed by atoms with Crippen LogP contribution >= 0.6 is 0 Å². The topological polar surface area (TPSA) is 88.3 Å². The third kappa shape index (κ3) is 2.79. The summed E-state index contributed by atoms with van der Waals surface area (Å²) in [6.07, 6.45) is 1.60. The number of hydrogen-bond donors (Lipinski definition) is 2. The zero-order valence-corrected chi connectivity index (χ0v) is 10.5. The van der Waals surface area contributed by atoms with Crippen LogP contribution in [0.2, 0.25) is 0 Å². The van der Waals surface area contributed by atoms with Gasteiger partial charge in [-0.3, -0.25) is 15.1 Å². The number of nitro benzene ring substituents is 1. The van der Waals surface area contributed by atoms with Crippen LogP contribution in [0.1, 0.15) is 6.92 Å². The van der Waals surface area contributed by atoms with Gasteiger partial charge < -0.3 is 10.4 Å². The highest BCUT2D eigenvalue weighted by Gasteiger charge is 2.14. The van der Waals surface area contributed by atoms with Crippen molar-refractivity contribution in [1.29, 1.82) is 0 Å². The van der Waals surface area contributed by atoms with Crippen molar-refractivity contribution in [2.24, 2.45) is 5.92 Å². The molecule has 2 N–H and O–H groups in total. The van der Waals surface area contributed by atoms with E-state index >= 15 is 0 Å². The summed E-state index contributed by atoms with van der Waals surface area (Å²) in [7, 11) is 0. The largest absolute Gasteiger partial charge is 0.396 e. The fourth-order valence-electron chi connectivity index (χ4n) is 1.81. The summed E-state index contributed by atoms with van der Waals surface area (Å²) in [5.74, 6) is 0.106. The molecule has 6 nitrogen and oxygen atoms in total. The number of anilines is 1. The highest BCUT2D eigenvalue weighted by atomic mass is 16.6. The monoisotopic (exact) mass is 261 g/mol. The molecule has 0 fully saturated rings. The molecule has 0 spiro atoms. The number of pyridine rings is 1. The molecular weight excluding hydrogens is 246 g/mol. The predicted octanol–water partition coefficient (Wildman–Crippen LogP) is 2.18. The fraction of sp³-hybridized carbons (Fsp3) is 0.308. The van der Waals surface area contributed by atoms with Gasteiger partial charge in [0.05, 0.1) is 16.0 Å². The Bertz CT molecular complexity index is 601. The van der Waals surface area contributed by atoms with E-state index in [1.54, 1.807) is 24.4 Å². The fourth-order valence-corrected chi connectivity index (χ4v) is 1.81. The van der Waals surface area contributed by atoms with Crippen LogP contribution in [0.5, 0.6) is 0 Å². The minimum atomic E-state index is -0.413. The Balaban J connectivity index is 2.41. The van der Waals surface area contributed by atoms with Crippen molar-refractivity contribution in [2.45, 2.75) is 6.92 Å². The summed E-state index contributed by atoms with van der Waals surface area (Å²) in [4.78, 5) is 14.7. The minimum absolute atomic E-state index is 0.0452. The normalized spacial score (nSPS) is 12.3. The second-order valence-corrected chi connectivity index (χ2v) is 4.46. The quantitative estimate of drug-likeness (QED) is 0.636. The molecule has 0 aliphatic rings. The van der Waals surface area contributed by atoms with Gasteiger partial charge in [0.25, 0.3) is 5.69 Å². The average Bonchev–Trinajstić information content (AvgIpc) is 2.43. The Morgan fingerprint density at radius 2 is 2.26 bits per heavy atom. The highest BCUT2D eigenvalue weighted by Crippen LogP contribution is 2.29. The summed E-state index contributed by atoms with van der Waals surface area (Å²) in [6.45, 7) is 2.58. The smallest absolute Gasteiger partial charge is 0.278 e. The van der Waals surface area contributed by atoms with Crippen LogP contribution in [-0.4, -0.2) is 28.2 Å². The van der Waals surface area contributed by atoms with Crippen LogP contribution < -0.4 is 5.32 Å². The number of aromatic nitrogens is 1. The van der Waals surface area contributed by atoms with Gasteiger partial charge in [0.2, 0.25) is 0 Å². The van der Waals surface area contributed by atoms with Crippen LogP contribution in [0.4, 0.5) is 11.4 Å². The molecule has 6 heteroatoms. The molecule has 100 valence electrons. The van der Waals surface area contributed by atoms with Gasteiger partial charge in [-0.2, -0.15) is 0 Å². The number of nitro groups is 1. The first-order chi connectivity index (χ1) is 9.13. The predicted molar refractivity (Wildman–Crippen MR) is 73.1 cm³/mol. The SMILES string of the molecule is CC(CO)CNc1ccc([N+](=O)[O-])c2cccnc12. The number of aliphatic hydroxyl groups is 1. The Hall–Kier alpha value is -2.21. The minimum Gasteiger partial charge on any atom is -0.396 e. The molecule has 0 aliphatic heterocycles. The lowest BCUT2D eigenvalue weighted by Gasteiger charge is -2.12. The summed E-state index contributed by atoms with van der Waals surface area (Å²) >= 11 is 0. The van der Waals surface area contributed by atoms with Gasteiger partial charge in [-0.15, -0.1) is 0 Å². The lowest BCUT2D eigenvalue weighted by Crippen LogP contribution is -2.14. The number of fused-ring (bicyclic) bond motifs is 1. The number of aliphatic hydroxyl groups excluding tert-OH is 1. The van der Waals surface area contributed by atoms with E-state index in [9.17, 15) is 10.1 Å². The van der Waals surface area contributed by atoms with E-state index in [0.717, 1.165) is 5.69 Å². The second kappa shape index (κ2) is 5.62. The van der Waals surface area contributed by atoms with Gasteiger partial charge in [0.15, 0.2) is 0 Å². The maximum atomic E-state index is 11.0. The van der Waals surface area contributed by atoms with Gasteiger partial charge in [-0.25, -0.2) is 0 Å². The van der Waals surface area contributed by atoms with Gasteiger partial charge in [-0.1, -0.05) is 6.92 Å². The molecule has 0 amide bonds. The Kier molecular flexibility index (Phi) is 3.91. The molecule has 1 atom stereocenters. The van der Waals surface area contributed by atoms with Gasteiger partial charge in [0.1, 0.15) is 5.52 Å². The molecule has 2 rings (SSSR count). The third-order valence-corrected chi connectivity index (χ3v) is 2.90. The maximum Gasteiger partial charge on any atom is 0.278 e. The molecule has 1 heterocycles. The van der Waals surface area contributed by atoms with Crippen LogP contribution in [0.25, 0.3) is 10.9 Å². The van der Waals surface area contributed by atoms with Crippen molar-refractivity contribution in [3.8, 4) is 0 Å². The molecule has 2 aromatic rings. The third-order valence-electron chi connectivity index (χ3n) is 2.90. The van der Waals surface area contributed by atoms with Gasteiger partial charge >= 0.3 is 0 Å². The average molecular weight is 261 g/mol. The molecule has 1 unspecified atom stereocenters. The molecular formula is C13H15N3O3. The lowest BCUT2D eigenvalue weighted by atomic mass is 10.1. The van der Waals surface area contributed by atoms with E-state index in [0.29, 0.717) is 17.4 Å². The molecule has 1 aromatic carbocycles. The summed E-state index contributed by atoms with van der Waals surface area (Å²) in [5.41, 5.74) is 1.35. The van der Waals surface area contributed by atoms with E-state index in [2.05, 4.69) is 10.3 Å². The number of non-ortho nitro benzene ring substituents is 1. The first kappa shape index (κ1) is 13.2. The van der Waals surface area contributed by atoms with Crippen LogP contribution in [0.15, 0.2) is 30.5 Å². The molecule has 19 heavy (non-hydrogen) atoms. The first-order valence-electron chi connectivity index (χ1n) is 6.00. The molecule has 1 aromatic heterocycles. The molecule has 0 saturated heterocycles. The Labute approximate surface area is 110 Å². The van der Waals surface area contributed by atoms with E-state index < -0.39 is 4.92 Å². The van der Waals surface area contributed by atoms with Crippen molar-refractivity contribution >= 4 is 22.3 Å². The van der Waals surface area contributed by atoms with E-state index in [-0.39, 0.29) is 18.2 Å². The van der Waals surface area contributed by atoms with E-state index in [4.69, 9.17) is 5.11 Å². The van der Waals surface area contributed by atoms with Crippen molar-refractivity contribution in [2.75, 3.05) is 18.5 Å². The zero-order chi connectivity index (χ0) is 13.8. The summed E-state index contributed by atoms with van der Waals surface area (Å²) in [6, 6.07) is 6.48. The molecule has 0 aliphatic carbocycles. The lowest BCUT2D eigenvalue weighted by molar-refractivity contribution is -0.383. The van der Waals surface area contributed by atoms with Crippen LogP contribution in [0, 0.1) is 16.0 Å². The molecule has 0 bridgehead atoms. The van der Waals surface area contributed by atoms with E-state index in [1.165, 1.54) is 6.07 Å². The van der Waals surface area contributed by atoms with Crippen molar-refractivity contribution in [1.82, 2.24) is 4.98 Å². The summed E-state index contributed by atoms with van der Waals surface area (Å²) < 4.78 is 0. The van der Waals surface area contributed by atoms with Gasteiger partial charge in [-0.05, 0) is 24.1 Å². The van der Waals surface area contributed by atoms with Gasteiger partial charge in [0, 0.05) is 25.4 Å². The number of rotatable bonds is 5. The number of benzene rings is 1. The van der Waals surface area contributed by atoms with Crippen LogP contribution in [-0.2, 0) is 0 Å². The Morgan fingerprint density at radius 3 is 2.95 bits per heavy atom. The first-order valence-corrected chi connectivity index (χ1v) is 6.00. The van der Waals surface area contributed by atoms with Crippen molar-refractivity contribution in [3.63, 3.8) is 0 Å². The van der Waals surface area contributed by atoms with Crippen molar-refractivity contribution in [3.05, 3.63) is 40.6 Å². The van der Waals surface area contributed by atoms with Crippen molar-refractivity contribution < 1.29 is 10.0 Å². The standard InChI is InChI=1S/C13H15N3O3/c1-9(8-17)7-15-11-4-5-12(16(18)19)10-3-2-6-14-13(10)11/h2-6,9,15,17H,7-8H2,1H3. The highest BCUT2D eigenvalue weighted by molar-refractivity contribution is 5.96. The zero-order valence-electron chi connectivity index (χ0n) is 10.5. The Morgan fingerprint density at radius 1 is 1.47 bits per heavy atom. The number of nitrogens with zero attached hydrogens (tertiary/aromatic N) is 2. The number of nitrogens with one attached hydrogen (secondary N) is 1. The number of hydrogen-bond acceptors (Lipinski definition) is 5. The maximum absolute atomic E-state index is 11.0. The second-order valence-electron chi connectivity index (χ2n) is 4.46. The molecule has 0 saturated carbocycles. The van der Waals surface area contributed by atoms with Crippen LogP contribution in [0.3, 0.4) is 0 Å².